The fraction of sp³-hybridized carbons (Fsp3) is 0.150. The summed E-state index contributed by atoms with van der Waals surface area (Å²) in [6.45, 7) is 3.69. The molecule has 28 heavy (non-hydrogen) atoms. The summed E-state index contributed by atoms with van der Waals surface area (Å²) in [6.07, 6.45) is 0. The van der Waals surface area contributed by atoms with E-state index in [2.05, 4.69) is 21.2 Å². The highest BCUT2D eigenvalue weighted by molar-refractivity contribution is 5.80. The van der Waals surface area contributed by atoms with Gasteiger partial charge in [0.1, 0.15) is 0 Å². The molecular formula is C20H15N5O3. The van der Waals surface area contributed by atoms with Crippen LogP contribution in [0.2, 0.25) is 0 Å². The van der Waals surface area contributed by atoms with E-state index >= 15 is 0 Å². The molecule has 0 saturated heterocycles. The summed E-state index contributed by atoms with van der Waals surface area (Å²) in [5, 5.41) is 12.9. The van der Waals surface area contributed by atoms with Crippen LogP contribution in [0.25, 0.3) is 33.9 Å². The number of aromatic amines is 1. The average molecular weight is 373 g/mol. The molecule has 0 radical (unpaired) electrons. The predicted molar refractivity (Wildman–Crippen MR) is 103 cm³/mol. The van der Waals surface area contributed by atoms with Gasteiger partial charge in [0.05, 0.1) is 22.7 Å². The zero-order valence-electron chi connectivity index (χ0n) is 15.1. The number of nitrogens with one attached hydrogen (secondary N) is 1. The molecule has 0 aliphatic rings. The number of nitrogens with zero attached hydrogens (tertiary/aromatic N) is 4. The summed E-state index contributed by atoms with van der Waals surface area (Å²) in [6, 6.07) is 13.9. The summed E-state index contributed by atoms with van der Waals surface area (Å²) in [4.78, 5) is 31.1. The Morgan fingerprint density at radius 1 is 1.11 bits per heavy atom. The number of rotatable bonds is 3. The number of hydrogen-bond donors (Lipinski definition) is 1. The monoisotopic (exact) mass is 373 g/mol. The topological polar surface area (TPSA) is 118 Å². The van der Waals surface area contributed by atoms with Gasteiger partial charge in [0, 0.05) is 17.2 Å². The third kappa shape index (κ3) is 2.89. The smallest absolute Gasteiger partial charge is 0.316 e. The Balaban J connectivity index is 1.79. The summed E-state index contributed by atoms with van der Waals surface area (Å²) in [5.41, 5.74) is 1.75. The highest BCUT2D eigenvalue weighted by atomic mass is 16.5. The zero-order valence-corrected chi connectivity index (χ0v) is 15.1. The van der Waals surface area contributed by atoms with Crippen LogP contribution in [0.1, 0.15) is 25.5 Å². The van der Waals surface area contributed by atoms with Crippen molar-refractivity contribution in [1.82, 2.24) is 19.7 Å². The molecule has 0 unspecified atom stereocenters. The maximum atomic E-state index is 12.1. The molecule has 4 rings (SSSR count). The van der Waals surface area contributed by atoms with Crippen LogP contribution >= 0.6 is 0 Å². The molecule has 1 N–H and O–H groups in total. The summed E-state index contributed by atoms with van der Waals surface area (Å²) in [5.74, 6) is 0.671. The third-order valence-corrected chi connectivity index (χ3v) is 4.38. The SMILES string of the molecule is CC(C)n1c(=O)c(=O)[nH]c2cc(-c3noc(-c4ccc(C#N)cc4)n3)ccc21. The highest BCUT2D eigenvalue weighted by Gasteiger charge is 2.14. The quantitative estimate of drug-likeness (QED) is 0.552. The van der Waals surface area contributed by atoms with Gasteiger partial charge in [0.25, 0.3) is 5.89 Å². The van der Waals surface area contributed by atoms with Gasteiger partial charge >= 0.3 is 11.1 Å². The molecule has 2 heterocycles. The fourth-order valence-electron chi connectivity index (χ4n) is 3.04. The first-order valence-corrected chi connectivity index (χ1v) is 8.61. The Hall–Kier alpha value is -3.99. The lowest BCUT2D eigenvalue weighted by Gasteiger charge is -2.13. The molecule has 0 saturated carbocycles. The molecule has 0 aliphatic carbocycles. The van der Waals surface area contributed by atoms with E-state index < -0.39 is 11.1 Å². The maximum Gasteiger partial charge on any atom is 0.316 e. The molecule has 4 aromatic rings. The minimum Gasteiger partial charge on any atom is -0.334 e. The van der Waals surface area contributed by atoms with Crippen LogP contribution in [-0.4, -0.2) is 19.7 Å². The molecule has 8 heteroatoms. The van der Waals surface area contributed by atoms with Crippen molar-refractivity contribution in [2.75, 3.05) is 0 Å². The lowest BCUT2D eigenvalue weighted by atomic mass is 10.1. The molecule has 2 aromatic carbocycles. The normalized spacial score (nSPS) is 11.1. The number of benzene rings is 2. The molecule has 0 amide bonds. The largest absolute Gasteiger partial charge is 0.334 e. The van der Waals surface area contributed by atoms with Gasteiger partial charge in [-0.15, -0.1) is 0 Å². The van der Waals surface area contributed by atoms with Crippen LogP contribution in [0, 0.1) is 11.3 Å². The third-order valence-electron chi connectivity index (χ3n) is 4.38. The van der Waals surface area contributed by atoms with Crippen molar-refractivity contribution in [3.8, 4) is 28.9 Å². The van der Waals surface area contributed by atoms with E-state index in [1.165, 1.54) is 4.57 Å². The molecule has 2 aromatic heterocycles. The molecule has 0 fully saturated rings. The van der Waals surface area contributed by atoms with Gasteiger partial charge in [-0.25, -0.2) is 0 Å². The van der Waals surface area contributed by atoms with E-state index in [4.69, 9.17) is 9.78 Å². The second-order valence-electron chi connectivity index (χ2n) is 6.57. The van der Waals surface area contributed by atoms with Gasteiger partial charge in [0.2, 0.25) is 5.82 Å². The minimum atomic E-state index is -0.676. The maximum absolute atomic E-state index is 12.1. The van der Waals surface area contributed by atoms with Crippen molar-refractivity contribution < 1.29 is 4.52 Å². The van der Waals surface area contributed by atoms with Crippen molar-refractivity contribution in [2.24, 2.45) is 0 Å². The van der Waals surface area contributed by atoms with Gasteiger partial charge in [-0.3, -0.25) is 14.2 Å². The molecule has 0 atom stereocenters. The first-order chi connectivity index (χ1) is 13.5. The van der Waals surface area contributed by atoms with Crippen LogP contribution in [-0.2, 0) is 0 Å². The van der Waals surface area contributed by atoms with Crippen LogP contribution in [0.3, 0.4) is 0 Å². The number of fused-ring (bicyclic) bond motifs is 1. The van der Waals surface area contributed by atoms with E-state index in [-0.39, 0.29) is 6.04 Å². The first-order valence-electron chi connectivity index (χ1n) is 8.61. The van der Waals surface area contributed by atoms with Crippen molar-refractivity contribution in [3.05, 3.63) is 68.7 Å². The van der Waals surface area contributed by atoms with E-state index in [0.29, 0.717) is 39.4 Å². The second-order valence-corrected chi connectivity index (χ2v) is 6.57. The van der Waals surface area contributed by atoms with E-state index in [9.17, 15) is 9.59 Å². The first kappa shape index (κ1) is 17.4. The van der Waals surface area contributed by atoms with Crippen molar-refractivity contribution in [2.45, 2.75) is 19.9 Å². The van der Waals surface area contributed by atoms with Crippen molar-refractivity contribution in [1.29, 1.82) is 5.26 Å². The average Bonchev–Trinajstić information content (AvgIpc) is 3.18. The number of hydrogen-bond acceptors (Lipinski definition) is 6. The standard InChI is InChI=1S/C20H15N5O3/c1-11(2)25-16-8-7-14(9-15(16)22-18(26)20(25)27)17-23-19(28-24-17)13-5-3-12(10-21)4-6-13/h3-9,11H,1-2H3,(H,22,26). The Labute approximate surface area is 158 Å². The minimum absolute atomic E-state index is 0.156. The van der Waals surface area contributed by atoms with Gasteiger partial charge in [0.15, 0.2) is 0 Å². The molecule has 138 valence electrons. The number of H-pyrrole nitrogens is 1. The predicted octanol–water partition coefficient (Wildman–Crippen LogP) is 2.86. The molecule has 0 aliphatic heterocycles. The second kappa shape index (κ2) is 6.63. The summed E-state index contributed by atoms with van der Waals surface area (Å²) >= 11 is 0. The van der Waals surface area contributed by atoms with Crippen molar-refractivity contribution >= 4 is 11.0 Å². The highest BCUT2D eigenvalue weighted by Crippen LogP contribution is 2.25. The van der Waals surface area contributed by atoms with Gasteiger partial charge in [-0.1, -0.05) is 5.16 Å². The summed E-state index contributed by atoms with van der Waals surface area (Å²) < 4.78 is 6.78. The van der Waals surface area contributed by atoms with Gasteiger partial charge < -0.3 is 9.51 Å². The Morgan fingerprint density at radius 3 is 2.50 bits per heavy atom. The van der Waals surface area contributed by atoms with Crippen LogP contribution in [0.5, 0.6) is 0 Å². The van der Waals surface area contributed by atoms with Gasteiger partial charge in [-0.05, 0) is 56.3 Å². The lowest BCUT2D eigenvalue weighted by molar-refractivity contribution is 0.432. The Kier molecular flexibility index (Phi) is 4.12. The van der Waals surface area contributed by atoms with E-state index in [1.54, 1.807) is 42.5 Å². The summed E-state index contributed by atoms with van der Waals surface area (Å²) in [7, 11) is 0. The van der Waals surface area contributed by atoms with Gasteiger partial charge in [-0.2, -0.15) is 10.2 Å². The molecular weight excluding hydrogens is 358 g/mol. The fourth-order valence-corrected chi connectivity index (χ4v) is 3.04. The van der Waals surface area contributed by atoms with Crippen LogP contribution < -0.4 is 11.1 Å². The molecule has 8 nitrogen and oxygen atoms in total. The molecule has 0 bridgehead atoms. The van der Waals surface area contributed by atoms with Crippen molar-refractivity contribution in [3.63, 3.8) is 0 Å². The van der Waals surface area contributed by atoms with E-state index in [1.807, 2.05) is 13.8 Å². The van der Waals surface area contributed by atoms with E-state index in [0.717, 1.165) is 0 Å². The lowest BCUT2D eigenvalue weighted by Crippen LogP contribution is -2.37. The van der Waals surface area contributed by atoms with Crippen LogP contribution in [0.15, 0.2) is 56.6 Å². The van der Waals surface area contributed by atoms with Crippen LogP contribution in [0.4, 0.5) is 0 Å². The number of nitriles is 1. The molecule has 0 spiro atoms. The number of aromatic nitrogens is 4. The Morgan fingerprint density at radius 2 is 1.82 bits per heavy atom. The zero-order chi connectivity index (χ0) is 19.8. The Bertz CT molecular complexity index is 1340.